The molecule has 0 unspecified atom stereocenters. The van der Waals surface area contributed by atoms with Crippen molar-refractivity contribution in [2.45, 2.75) is 6.42 Å². The Balaban J connectivity index is 1.84. The zero-order chi connectivity index (χ0) is 13.0. The molecule has 0 aliphatic heterocycles. The van der Waals surface area contributed by atoms with Crippen molar-refractivity contribution < 1.29 is 19.0 Å². The number of aromatic carboxylic acids is 1. The van der Waals surface area contributed by atoms with Crippen LogP contribution >= 0.6 is 11.3 Å². The first-order chi connectivity index (χ1) is 8.65. The highest BCUT2D eigenvalue weighted by Crippen LogP contribution is 2.15. The monoisotopic (exact) mass is 267 g/mol. The second-order valence-electron chi connectivity index (χ2n) is 3.48. The van der Waals surface area contributed by atoms with Crippen molar-refractivity contribution >= 4 is 17.3 Å². The quantitative estimate of drug-likeness (QED) is 0.904. The molecule has 0 amide bonds. The fraction of sp³-hybridized carbons (Fsp3) is 0.167. The van der Waals surface area contributed by atoms with Crippen molar-refractivity contribution in [1.82, 2.24) is 4.98 Å². The molecule has 1 N–H and O–H groups in total. The summed E-state index contributed by atoms with van der Waals surface area (Å²) in [6, 6.07) is 5.72. The van der Waals surface area contributed by atoms with Crippen LogP contribution in [0.25, 0.3) is 0 Å². The molecule has 0 saturated heterocycles. The van der Waals surface area contributed by atoms with Crippen molar-refractivity contribution in [2.24, 2.45) is 0 Å². The molecular weight excluding hydrogens is 257 g/mol. The van der Waals surface area contributed by atoms with Gasteiger partial charge in [0.15, 0.2) is 0 Å². The van der Waals surface area contributed by atoms with E-state index >= 15 is 0 Å². The van der Waals surface area contributed by atoms with Gasteiger partial charge in [-0.25, -0.2) is 14.2 Å². The lowest BCUT2D eigenvalue weighted by molar-refractivity contribution is 0.0702. The van der Waals surface area contributed by atoms with E-state index in [1.54, 1.807) is 12.1 Å². The highest BCUT2D eigenvalue weighted by Gasteiger charge is 2.08. The molecule has 1 aromatic carbocycles. The second kappa shape index (κ2) is 5.59. The number of thiazole rings is 1. The molecule has 2 rings (SSSR count). The number of ether oxygens (including phenoxy) is 1. The zero-order valence-corrected chi connectivity index (χ0v) is 10.1. The van der Waals surface area contributed by atoms with E-state index in [9.17, 15) is 9.18 Å². The third kappa shape index (κ3) is 3.27. The van der Waals surface area contributed by atoms with Crippen LogP contribution in [0.15, 0.2) is 30.5 Å². The molecule has 0 radical (unpaired) electrons. The highest BCUT2D eigenvalue weighted by molar-refractivity contribution is 7.13. The van der Waals surface area contributed by atoms with E-state index < -0.39 is 5.97 Å². The first-order valence-corrected chi connectivity index (χ1v) is 6.03. The molecule has 2 aromatic rings. The van der Waals surface area contributed by atoms with Crippen LogP contribution in [0.2, 0.25) is 0 Å². The average Bonchev–Trinajstić information content (AvgIpc) is 2.81. The molecule has 1 heterocycles. The van der Waals surface area contributed by atoms with Crippen LogP contribution in [0.3, 0.4) is 0 Å². The summed E-state index contributed by atoms with van der Waals surface area (Å²) in [6.07, 6.45) is 1.86. The third-order valence-corrected chi connectivity index (χ3v) is 3.21. The Bertz CT molecular complexity index is 539. The van der Waals surface area contributed by atoms with Crippen LogP contribution < -0.4 is 4.74 Å². The van der Waals surface area contributed by atoms with Crippen LogP contribution in [0, 0.1) is 5.82 Å². The summed E-state index contributed by atoms with van der Waals surface area (Å²) >= 11 is 1.13. The Kier molecular flexibility index (Phi) is 3.88. The molecular formula is C12H10FNO3S. The smallest absolute Gasteiger partial charge is 0.347 e. The maximum Gasteiger partial charge on any atom is 0.347 e. The Morgan fingerprint density at radius 2 is 2.11 bits per heavy atom. The van der Waals surface area contributed by atoms with Crippen molar-refractivity contribution in [2.75, 3.05) is 6.61 Å². The Morgan fingerprint density at radius 1 is 1.39 bits per heavy atom. The molecule has 0 aliphatic rings. The number of aromatic nitrogens is 1. The summed E-state index contributed by atoms with van der Waals surface area (Å²) in [7, 11) is 0. The average molecular weight is 267 g/mol. The molecule has 0 spiro atoms. The van der Waals surface area contributed by atoms with Crippen LogP contribution in [-0.4, -0.2) is 22.7 Å². The lowest BCUT2D eigenvalue weighted by atomic mass is 10.3. The first kappa shape index (κ1) is 12.5. The summed E-state index contributed by atoms with van der Waals surface area (Å²) in [6.45, 7) is 0.373. The molecule has 0 fully saturated rings. The minimum Gasteiger partial charge on any atom is -0.493 e. The number of carboxylic acid groups (broad SMARTS) is 1. The summed E-state index contributed by atoms with van der Waals surface area (Å²) in [4.78, 5) is 14.8. The topological polar surface area (TPSA) is 59.4 Å². The van der Waals surface area contributed by atoms with Crippen molar-refractivity contribution in [1.29, 1.82) is 0 Å². The van der Waals surface area contributed by atoms with Gasteiger partial charge >= 0.3 is 5.97 Å². The molecule has 0 saturated carbocycles. The number of rotatable bonds is 5. The van der Waals surface area contributed by atoms with Gasteiger partial charge in [0.25, 0.3) is 0 Å². The molecule has 1 aromatic heterocycles. The largest absolute Gasteiger partial charge is 0.493 e. The number of nitrogens with zero attached hydrogens (tertiary/aromatic N) is 1. The van der Waals surface area contributed by atoms with Gasteiger partial charge in [-0.3, -0.25) is 0 Å². The van der Waals surface area contributed by atoms with E-state index in [4.69, 9.17) is 9.84 Å². The zero-order valence-electron chi connectivity index (χ0n) is 9.30. The van der Waals surface area contributed by atoms with Gasteiger partial charge < -0.3 is 9.84 Å². The lowest BCUT2D eigenvalue weighted by Crippen LogP contribution is -2.00. The molecule has 0 aliphatic carbocycles. The molecule has 18 heavy (non-hydrogen) atoms. The van der Waals surface area contributed by atoms with E-state index in [2.05, 4.69) is 4.98 Å². The van der Waals surface area contributed by atoms with Gasteiger partial charge in [0, 0.05) is 6.42 Å². The Hall–Kier alpha value is -1.95. The number of hydrogen-bond acceptors (Lipinski definition) is 4. The molecule has 0 bridgehead atoms. The normalized spacial score (nSPS) is 10.3. The summed E-state index contributed by atoms with van der Waals surface area (Å²) in [5.74, 6) is -0.710. The molecule has 94 valence electrons. The van der Waals surface area contributed by atoms with Gasteiger partial charge in [-0.15, -0.1) is 11.3 Å². The van der Waals surface area contributed by atoms with Gasteiger partial charge in [0.05, 0.1) is 17.8 Å². The van der Waals surface area contributed by atoms with Gasteiger partial charge in [-0.1, -0.05) is 0 Å². The van der Waals surface area contributed by atoms with Gasteiger partial charge in [-0.05, 0) is 24.3 Å². The Morgan fingerprint density at radius 3 is 2.72 bits per heavy atom. The molecule has 4 nitrogen and oxygen atoms in total. The molecule has 0 atom stereocenters. The first-order valence-electron chi connectivity index (χ1n) is 5.21. The number of hydrogen-bond donors (Lipinski definition) is 1. The van der Waals surface area contributed by atoms with Crippen LogP contribution in [0.1, 0.15) is 14.7 Å². The standard InChI is InChI=1S/C12H10FNO3S/c13-8-1-3-9(4-2-8)17-6-5-11-14-7-10(18-11)12(15)16/h1-4,7H,5-6H2,(H,15,16). The van der Waals surface area contributed by atoms with Crippen molar-refractivity contribution in [3.8, 4) is 5.75 Å². The fourth-order valence-electron chi connectivity index (χ4n) is 1.31. The number of carbonyl (C=O) groups is 1. The van der Waals surface area contributed by atoms with Gasteiger partial charge in [0.1, 0.15) is 16.4 Å². The van der Waals surface area contributed by atoms with Crippen molar-refractivity contribution in [3.05, 3.63) is 46.2 Å². The van der Waals surface area contributed by atoms with E-state index in [1.807, 2.05) is 0 Å². The SMILES string of the molecule is O=C(O)c1cnc(CCOc2ccc(F)cc2)s1. The highest BCUT2D eigenvalue weighted by atomic mass is 32.1. The van der Waals surface area contributed by atoms with Crippen LogP contribution in [0.5, 0.6) is 5.75 Å². The number of carboxylic acids is 1. The molecule has 6 heteroatoms. The fourth-order valence-corrected chi connectivity index (χ4v) is 2.05. The maximum atomic E-state index is 12.6. The second-order valence-corrected chi connectivity index (χ2v) is 4.59. The van der Waals surface area contributed by atoms with Gasteiger partial charge in [0.2, 0.25) is 0 Å². The van der Waals surface area contributed by atoms with Gasteiger partial charge in [-0.2, -0.15) is 0 Å². The maximum absolute atomic E-state index is 12.6. The van der Waals surface area contributed by atoms with Crippen LogP contribution in [-0.2, 0) is 6.42 Å². The predicted octanol–water partition coefficient (Wildman–Crippen LogP) is 2.60. The van der Waals surface area contributed by atoms with Crippen LogP contribution in [0.4, 0.5) is 4.39 Å². The summed E-state index contributed by atoms with van der Waals surface area (Å²) in [5, 5.41) is 9.43. The van der Waals surface area contributed by atoms with Crippen molar-refractivity contribution in [3.63, 3.8) is 0 Å². The third-order valence-electron chi connectivity index (χ3n) is 2.16. The van der Waals surface area contributed by atoms with E-state index in [-0.39, 0.29) is 10.7 Å². The summed E-state index contributed by atoms with van der Waals surface area (Å²) < 4.78 is 18.0. The predicted molar refractivity (Wildman–Crippen MR) is 64.7 cm³/mol. The lowest BCUT2D eigenvalue weighted by Gasteiger charge is -2.03. The number of benzene rings is 1. The number of halogens is 1. The summed E-state index contributed by atoms with van der Waals surface area (Å²) in [5.41, 5.74) is 0. The minimum absolute atomic E-state index is 0.215. The van der Waals surface area contributed by atoms with E-state index in [0.29, 0.717) is 23.8 Å². The minimum atomic E-state index is -0.974. The Labute approximate surface area is 107 Å². The van der Waals surface area contributed by atoms with E-state index in [0.717, 1.165) is 11.3 Å². The van der Waals surface area contributed by atoms with E-state index in [1.165, 1.54) is 18.3 Å².